The second-order valence-corrected chi connectivity index (χ2v) is 11.6. The number of hydrogen-bond acceptors (Lipinski definition) is 1. The number of rotatable bonds is 0. The molecule has 0 amide bonds. The highest BCUT2D eigenvalue weighted by atomic mass is 32.1. The first-order valence-electron chi connectivity index (χ1n) is 12.3. The molecule has 35 heavy (non-hydrogen) atoms. The molecule has 0 saturated heterocycles. The molecule has 9 rings (SSSR count). The molecule has 5 aromatic carbocycles. The Kier molecular flexibility index (Phi) is 3.08. The van der Waals surface area contributed by atoms with Crippen LogP contribution in [0.2, 0.25) is 0 Å². The molecule has 0 fully saturated rings. The normalized spacial score (nSPS) is 14.8. The van der Waals surface area contributed by atoms with Gasteiger partial charge in [-0.2, -0.15) is 0 Å². The van der Waals surface area contributed by atoms with Crippen molar-refractivity contribution in [2.45, 2.75) is 19.3 Å². The van der Waals surface area contributed by atoms with Crippen LogP contribution in [-0.4, -0.2) is 4.40 Å². The summed E-state index contributed by atoms with van der Waals surface area (Å²) in [7, 11) is 0. The Morgan fingerprint density at radius 2 is 1.29 bits per heavy atom. The fourth-order valence-electron chi connectivity index (χ4n) is 7.07. The molecule has 0 N–H and O–H groups in total. The molecular weight excluding hydrogens is 442 g/mol. The zero-order valence-corrected chi connectivity index (χ0v) is 20.3. The highest BCUT2D eigenvalue weighted by Gasteiger charge is 2.37. The average molecular weight is 464 g/mol. The van der Waals surface area contributed by atoms with Crippen molar-refractivity contribution in [3.05, 3.63) is 102 Å². The van der Waals surface area contributed by atoms with Crippen LogP contribution in [0.25, 0.3) is 69.4 Å². The van der Waals surface area contributed by atoms with Gasteiger partial charge in [-0.3, -0.25) is 0 Å². The molecule has 1 aliphatic rings. The van der Waals surface area contributed by atoms with Crippen LogP contribution in [0.3, 0.4) is 0 Å². The van der Waals surface area contributed by atoms with Crippen LogP contribution in [0.5, 0.6) is 0 Å². The maximum Gasteiger partial charge on any atom is 0.0620 e. The minimum absolute atomic E-state index is 0.00985. The first-order valence-corrected chi connectivity index (χ1v) is 13.1. The highest BCUT2D eigenvalue weighted by molar-refractivity contribution is 7.26. The molecule has 0 saturated carbocycles. The van der Waals surface area contributed by atoms with Gasteiger partial charge in [0, 0.05) is 47.1 Å². The van der Waals surface area contributed by atoms with Crippen molar-refractivity contribution in [2.75, 3.05) is 0 Å². The van der Waals surface area contributed by atoms with Gasteiger partial charge in [0.25, 0.3) is 0 Å². The molecular formula is C33H21NS. The van der Waals surface area contributed by atoms with Gasteiger partial charge in [0.05, 0.1) is 16.6 Å². The van der Waals surface area contributed by atoms with Crippen LogP contribution in [-0.2, 0) is 5.41 Å². The SMILES string of the molecule is CC1(C)c2ccccc2-c2c1ccc1c2c2cccc3c4c5c(ccc4n1c23)sc1ccccc15. The molecule has 0 atom stereocenters. The lowest BCUT2D eigenvalue weighted by atomic mass is 9.82. The summed E-state index contributed by atoms with van der Waals surface area (Å²) < 4.78 is 5.27. The number of benzene rings is 5. The van der Waals surface area contributed by atoms with Crippen LogP contribution >= 0.6 is 11.3 Å². The van der Waals surface area contributed by atoms with E-state index in [1.165, 1.54) is 80.5 Å². The van der Waals surface area contributed by atoms with E-state index in [0.29, 0.717) is 0 Å². The standard InChI is InChI=1S/C33H21NS/c1-33(2)22-12-5-3-8-18(22)28-23(33)14-15-24-29(28)20-10-7-11-21-30-25(34(24)32(20)21)16-17-27-31(30)19-9-4-6-13-26(19)35-27/h3-17H,1-2H3. The smallest absolute Gasteiger partial charge is 0.0620 e. The molecule has 0 bridgehead atoms. The summed E-state index contributed by atoms with van der Waals surface area (Å²) in [5.41, 5.74) is 9.69. The fourth-order valence-corrected chi connectivity index (χ4v) is 8.18. The average Bonchev–Trinajstić information content (AvgIpc) is 3.58. The lowest BCUT2D eigenvalue weighted by molar-refractivity contribution is 0.661. The lowest BCUT2D eigenvalue weighted by Crippen LogP contribution is -2.14. The first-order chi connectivity index (χ1) is 17.1. The maximum absolute atomic E-state index is 2.54. The molecule has 8 aromatic rings. The van der Waals surface area contributed by atoms with Crippen LogP contribution < -0.4 is 0 Å². The number of fused-ring (bicyclic) bond motifs is 14. The molecule has 3 heterocycles. The molecule has 0 radical (unpaired) electrons. The zero-order valence-electron chi connectivity index (χ0n) is 19.5. The second kappa shape index (κ2) is 5.84. The molecule has 0 aliphatic heterocycles. The minimum Gasteiger partial charge on any atom is -0.308 e. The van der Waals surface area contributed by atoms with E-state index < -0.39 is 0 Å². The first kappa shape index (κ1) is 18.4. The van der Waals surface area contributed by atoms with E-state index in [-0.39, 0.29) is 5.41 Å². The van der Waals surface area contributed by atoms with Gasteiger partial charge in [-0.15, -0.1) is 11.3 Å². The molecule has 3 aromatic heterocycles. The van der Waals surface area contributed by atoms with Gasteiger partial charge in [-0.05, 0) is 46.5 Å². The Labute approximate surface area is 206 Å². The van der Waals surface area contributed by atoms with E-state index in [0.717, 1.165) is 0 Å². The molecule has 0 spiro atoms. The highest BCUT2D eigenvalue weighted by Crippen LogP contribution is 2.54. The zero-order chi connectivity index (χ0) is 23.1. The number of para-hydroxylation sites is 1. The van der Waals surface area contributed by atoms with E-state index in [4.69, 9.17) is 0 Å². The van der Waals surface area contributed by atoms with Crippen molar-refractivity contribution in [2.24, 2.45) is 0 Å². The topological polar surface area (TPSA) is 4.41 Å². The quantitative estimate of drug-likeness (QED) is 0.211. The predicted octanol–water partition coefficient (Wildman–Crippen LogP) is 9.51. The van der Waals surface area contributed by atoms with Gasteiger partial charge in [0.15, 0.2) is 0 Å². The number of nitrogens with zero attached hydrogens (tertiary/aromatic N) is 1. The Bertz CT molecular complexity index is 2190. The molecule has 1 aliphatic carbocycles. The Hall–Kier alpha value is -3.88. The van der Waals surface area contributed by atoms with Crippen molar-refractivity contribution in [3.8, 4) is 11.1 Å². The summed E-state index contributed by atoms with van der Waals surface area (Å²) in [6, 6.07) is 34.2. The molecule has 1 nitrogen and oxygen atoms in total. The molecule has 0 unspecified atom stereocenters. The van der Waals surface area contributed by atoms with Crippen molar-refractivity contribution < 1.29 is 0 Å². The molecule has 2 heteroatoms. The lowest BCUT2D eigenvalue weighted by Gasteiger charge is -2.21. The van der Waals surface area contributed by atoms with Crippen molar-refractivity contribution in [3.63, 3.8) is 0 Å². The van der Waals surface area contributed by atoms with E-state index in [1.54, 1.807) is 0 Å². The van der Waals surface area contributed by atoms with E-state index in [1.807, 2.05) is 11.3 Å². The summed E-state index contributed by atoms with van der Waals surface area (Å²) in [5.74, 6) is 0. The van der Waals surface area contributed by atoms with Crippen molar-refractivity contribution in [1.29, 1.82) is 0 Å². The van der Waals surface area contributed by atoms with Gasteiger partial charge < -0.3 is 4.40 Å². The third-order valence-corrected chi connectivity index (χ3v) is 9.66. The summed E-state index contributed by atoms with van der Waals surface area (Å²) >= 11 is 1.90. The van der Waals surface area contributed by atoms with E-state index >= 15 is 0 Å². The van der Waals surface area contributed by atoms with Gasteiger partial charge in [-0.25, -0.2) is 0 Å². The van der Waals surface area contributed by atoms with E-state index in [9.17, 15) is 0 Å². The van der Waals surface area contributed by atoms with Crippen molar-refractivity contribution in [1.82, 2.24) is 4.40 Å². The van der Waals surface area contributed by atoms with Gasteiger partial charge in [0.2, 0.25) is 0 Å². The Morgan fingerprint density at radius 1 is 0.571 bits per heavy atom. The Morgan fingerprint density at radius 3 is 2.20 bits per heavy atom. The van der Waals surface area contributed by atoms with Crippen LogP contribution in [0.4, 0.5) is 0 Å². The molecule has 164 valence electrons. The third kappa shape index (κ3) is 1.96. The van der Waals surface area contributed by atoms with Gasteiger partial charge in [0.1, 0.15) is 0 Å². The number of thiophene rings is 1. The van der Waals surface area contributed by atoms with Crippen LogP contribution in [0, 0.1) is 0 Å². The van der Waals surface area contributed by atoms with Crippen LogP contribution in [0.15, 0.2) is 91.0 Å². The fraction of sp³-hybridized carbons (Fsp3) is 0.0909. The van der Waals surface area contributed by atoms with Gasteiger partial charge in [-0.1, -0.05) is 80.6 Å². The summed E-state index contributed by atoms with van der Waals surface area (Å²) in [6.45, 7) is 4.74. The Balaban J connectivity index is 1.56. The predicted molar refractivity (Wildman–Crippen MR) is 152 cm³/mol. The summed E-state index contributed by atoms with van der Waals surface area (Å²) in [4.78, 5) is 0. The van der Waals surface area contributed by atoms with Crippen LogP contribution in [0.1, 0.15) is 25.0 Å². The summed E-state index contributed by atoms with van der Waals surface area (Å²) in [5, 5.41) is 8.29. The number of aromatic nitrogens is 1. The van der Waals surface area contributed by atoms with Gasteiger partial charge >= 0.3 is 0 Å². The summed E-state index contributed by atoms with van der Waals surface area (Å²) in [6.07, 6.45) is 0. The number of hydrogen-bond donors (Lipinski definition) is 0. The van der Waals surface area contributed by atoms with E-state index in [2.05, 4.69) is 109 Å². The monoisotopic (exact) mass is 463 g/mol. The van der Waals surface area contributed by atoms with Crippen molar-refractivity contribution >= 4 is 69.6 Å². The largest absolute Gasteiger partial charge is 0.308 e. The second-order valence-electron chi connectivity index (χ2n) is 10.5. The maximum atomic E-state index is 2.54. The minimum atomic E-state index is 0.00985. The third-order valence-electron chi connectivity index (χ3n) is 8.53.